The van der Waals surface area contributed by atoms with Gasteiger partial charge in [0.25, 0.3) is 0 Å². The van der Waals surface area contributed by atoms with Gasteiger partial charge in [-0.3, -0.25) is 14.5 Å². The number of furan rings is 1. The summed E-state index contributed by atoms with van der Waals surface area (Å²) in [5.41, 5.74) is 0. The zero-order valence-corrected chi connectivity index (χ0v) is 11.6. The van der Waals surface area contributed by atoms with Crippen molar-refractivity contribution >= 4 is 17.8 Å². The number of nitrogens with zero attached hydrogens (tertiary/aromatic N) is 1. The van der Waals surface area contributed by atoms with Gasteiger partial charge < -0.3 is 9.15 Å². The molecule has 2 aliphatic rings. The molecule has 0 spiro atoms. The first-order valence-electron chi connectivity index (χ1n) is 6.79. The number of rotatable bonds is 3. The number of ether oxygens (including phenoxy) is 1. The zero-order chi connectivity index (χ0) is 15.0. The van der Waals surface area contributed by atoms with Gasteiger partial charge in [0.15, 0.2) is 0 Å². The van der Waals surface area contributed by atoms with Gasteiger partial charge in [-0.2, -0.15) is 0 Å². The van der Waals surface area contributed by atoms with Crippen molar-refractivity contribution in [3.63, 3.8) is 0 Å². The van der Waals surface area contributed by atoms with Crippen LogP contribution in [0.1, 0.15) is 29.2 Å². The number of imide groups is 1. The van der Waals surface area contributed by atoms with E-state index in [0.29, 0.717) is 18.6 Å². The molecule has 0 aromatic carbocycles. The fourth-order valence-electron chi connectivity index (χ4n) is 2.85. The molecule has 1 aromatic rings. The fraction of sp³-hybridized carbons (Fsp3) is 0.400. The third-order valence-corrected chi connectivity index (χ3v) is 3.96. The maximum atomic E-state index is 12.3. The molecular formula is C15H15NO5. The average molecular weight is 289 g/mol. The van der Waals surface area contributed by atoms with E-state index in [1.807, 2.05) is 12.2 Å². The van der Waals surface area contributed by atoms with Gasteiger partial charge in [-0.1, -0.05) is 12.2 Å². The molecule has 1 fully saturated rings. The predicted octanol–water partition coefficient (Wildman–Crippen LogP) is 1.52. The third kappa shape index (κ3) is 2.26. The van der Waals surface area contributed by atoms with Crippen LogP contribution in [0.5, 0.6) is 0 Å². The van der Waals surface area contributed by atoms with Crippen molar-refractivity contribution in [1.82, 2.24) is 4.90 Å². The van der Waals surface area contributed by atoms with Crippen molar-refractivity contribution in [3.8, 4) is 0 Å². The Labute approximate surface area is 121 Å². The summed E-state index contributed by atoms with van der Waals surface area (Å²) in [5, 5.41) is 0. The monoisotopic (exact) mass is 289 g/mol. The summed E-state index contributed by atoms with van der Waals surface area (Å²) in [6.07, 6.45) is 5.10. The Morgan fingerprint density at radius 2 is 1.86 bits per heavy atom. The molecule has 0 bridgehead atoms. The van der Waals surface area contributed by atoms with Gasteiger partial charge in [-0.05, 0) is 25.0 Å². The van der Waals surface area contributed by atoms with E-state index >= 15 is 0 Å². The Balaban J connectivity index is 1.76. The number of carbonyl (C=O) groups excluding carboxylic acids is 3. The summed E-state index contributed by atoms with van der Waals surface area (Å²) in [6, 6.07) is 3.05. The summed E-state index contributed by atoms with van der Waals surface area (Å²) < 4.78 is 9.86. The molecule has 6 heteroatoms. The van der Waals surface area contributed by atoms with Crippen molar-refractivity contribution in [3.05, 3.63) is 35.8 Å². The smallest absolute Gasteiger partial charge is 0.373 e. The molecule has 2 atom stereocenters. The second-order valence-corrected chi connectivity index (χ2v) is 5.18. The molecule has 1 aliphatic heterocycles. The molecular weight excluding hydrogens is 274 g/mol. The predicted molar refractivity (Wildman–Crippen MR) is 71.0 cm³/mol. The van der Waals surface area contributed by atoms with Crippen molar-refractivity contribution in [2.45, 2.75) is 19.4 Å². The number of esters is 1. The molecule has 6 nitrogen and oxygen atoms in total. The zero-order valence-electron chi connectivity index (χ0n) is 11.6. The highest BCUT2D eigenvalue weighted by atomic mass is 16.5. The van der Waals surface area contributed by atoms with Crippen molar-refractivity contribution in [1.29, 1.82) is 0 Å². The van der Waals surface area contributed by atoms with Crippen molar-refractivity contribution in [2.24, 2.45) is 11.8 Å². The van der Waals surface area contributed by atoms with Gasteiger partial charge in [0, 0.05) is 0 Å². The quantitative estimate of drug-likeness (QED) is 0.479. The second kappa shape index (κ2) is 5.20. The molecule has 21 heavy (non-hydrogen) atoms. The molecule has 0 N–H and O–H groups in total. The molecule has 110 valence electrons. The minimum atomic E-state index is -0.585. The van der Waals surface area contributed by atoms with Crippen LogP contribution >= 0.6 is 0 Å². The second-order valence-electron chi connectivity index (χ2n) is 5.18. The topological polar surface area (TPSA) is 76.8 Å². The van der Waals surface area contributed by atoms with Crippen LogP contribution in [-0.2, 0) is 20.9 Å². The highest BCUT2D eigenvalue weighted by Crippen LogP contribution is 2.35. The van der Waals surface area contributed by atoms with Crippen LogP contribution < -0.4 is 0 Å². The van der Waals surface area contributed by atoms with Gasteiger partial charge >= 0.3 is 5.97 Å². The number of fused-ring (bicyclic) bond motifs is 1. The maximum Gasteiger partial charge on any atom is 0.373 e. The maximum absolute atomic E-state index is 12.3. The largest absolute Gasteiger partial charge is 0.463 e. The van der Waals surface area contributed by atoms with E-state index < -0.39 is 5.97 Å². The molecule has 1 saturated heterocycles. The summed E-state index contributed by atoms with van der Waals surface area (Å²) in [6.45, 7) is 0.0572. The van der Waals surface area contributed by atoms with E-state index in [-0.39, 0.29) is 36.0 Å². The standard InChI is InChI=1S/C15H15NO5/c1-20-15(19)12-7-6-9(21-12)8-16-13(17)10-4-2-3-5-11(10)14(16)18/h2-3,6-7,10-11H,4-5,8H2,1H3/t10-,11-/m1/s1. The summed E-state index contributed by atoms with van der Waals surface area (Å²) in [7, 11) is 1.26. The van der Waals surface area contributed by atoms with E-state index in [1.165, 1.54) is 18.1 Å². The van der Waals surface area contributed by atoms with Crippen LogP contribution in [0.3, 0.4) is 0 Å². The average Bonchev–Trinajstić information content (AvgIpc) is 3.07. The number of likely N-dealkylation sites (tertiary alicyclic amines) is 1. The molecule has 2 heterocycles. The molecule has 1 aliphatic carbocycles. The SMILES string of the molecule is COC(=O)c1ccc(CN2C(=O)[C@@H]3CC=CC[C@H]3C2=O)o1. The first kappa shape index (κ1) is 13.6. The van der Waals surface area contributed by atoms with Crippen LogP contribution in [0.4, 0.5) is 0 Å². The van der Waals surface area contributed by atoms with Gasteiger partial charge in [0.05, 0.1) is 25.5 Å². The van der Waals surface area contributed by atoms with Crippen LogP contribution in [0.15, 0.2) is 28.7 Å². The minimum Gasteiger partial charge on any atom is -0.463 e. The number of carbonyl (C=O) groups is 3. The van der Waals surface area contributed by atoms with Crippen LogP contribution in [-0.4, -0.2) is 29.8 Å². The normalized spacial score (nSPS) is 24.3. The number of allylic oxidation sites excluding steroid dienone is 2. The Morgan fingerprint density at radius 1 is 1.24 bits per heavy atom. The number of hydrogen-bond donors (Lipinski definition) is 0. The van der Waals surface area contributed by atoms with Crippen LogP contribution in [0, 0.1) is 11.8 Å². The van der Waals surface area contributed by atoms with Crippen molar-refractivity contribution < 1.29 is 23.5 Å². The van der Waals surface area contributed by atoms with Gasteiger partial charge in [-0.15, -0.1) is 0 Å². The number of methoxy groups -OCH3 is 1. The third-order valence-electron chi connectivity index (χ3n) is 3.96. The molecule has 0 radical (unpaired) electrons. The van der Waals surface area contributed by atoms with Gasteiger partial charge in [-0.25, -0.2) is 4.79 Å². The molecule has 1 aromatic heterocycles. The van der Waals surface area contributed by atoms with E-state index in [2.05, 4.69) is 4.74 Å². The number of hydrogen-bond acceptors (Lipinski definition) is 5. The lowest BCUT2D eigenvalue weighted by Crippen LogP contribution is -2.30. The first-order chi connectivity index (χ1) is 10.1. The lowest BCUT2D eigenvalue weighted by molar-refractivity contribution is -0.140. The molecule has 3 rings (SSSR count). The van der Waals surface area contributed by atoms with Crippen LogP contribution in [0.2, 0.25) is 0 Å². The minimum absolute atomic E-state index is 0.0572. The van der Waals surface area contributed by atoms with E-state index in [0.717, 1.165) is 0 Å². The van der Waals surface area contributed by atoms with Gasteiger partial charge in [0.1, 0.15) is 5.76 Å². The fourth-order valence-corrected chi connectivity index (χ4v) is 2.85. The summed E-state index contributed by atoms with van der Waals surface area (Å²) >= 11 is 0. The summed E-state index contributed by atoms with van der Waals surface area (Å²) in [4.78, 5) is 37.1. The lowest BCUT2D eigenvalue weighted by Gasteiger charge is -2.14. The van der Waals surface area contributed by atoms with E-state index in [4.69, 9.17) is 4.42 Å². The van der Waals surface area contributed by atoms with E-state index in [1.54, 1.807) is 6.07 Å². The lowest BCUT2D eigenvalue weighted by atomic mass is 9.85. The Morgan fingerprint density at radius 3 is 2.43 bits per heavy atom. The molecule has 2 amide bonds. The Hall–Kier alpha value is -2.37. The first-order valence-corrected chi connectivity index (χ1v) is 6.79. The van der Waals surface area contributed by atoms with E-state index in [9.17, 15) is 14.4 Å². The van der Waals surface area contributed by atoms with Crippen LogP contribution in [0.25, 0.3) is 0 Å². The Bertz CT molecular complexity index is 604. The molecule has 0 unspecified atom stereocenters. The highest BCUT2D eigenvalue weighted by molar-refractivity contribution is 6.05. The highest BCUT2D eigenvalue weighted by Gasteiger charge is 2.47. The molecule has 0 saturated carbocycles. The Kier molecular flexibility index (Phi) is 3.37. The summed E-state index contributed by atoms with van der Waals surface area (Å²) in [5.74, 6) is -0.960. The van der Waals surface area contributed by atoms with Gasteiger partial charge in [0.2, 0.25) is 17.6 Å². The van der Waals surface area contributed by atoms with Crippen molar-refractivity contribution in [2.75, 3.05) is 7.11 Å². The number of amides is 2.